The lowest BCUT2D eigenvalue weighted by Crippen LogP contribution is -2.46. The monoisotopic (exact) mass is 260 g/mol. The van der Waals surface area contributed by atoms with Crippen molar-refractivity contribution in [1.29, 1.82) is 0 Å². The summed E-state index contributed by atoms with van der Waals surface area (Å²) in [6.45, 7) is 7.28. The number of sulfone groups is 1. The number of likely N-dealkylation sites (tertiary alicyclic amines) is 1. The summed E-state index contributed by atoms with van der Waals surface area (Å²) in [4.78, 5) is 2.35. The Morgan fingerprint density at radius 1 is 1.47 bits per heavy atom. The van der Waals surface area contributed by atoms with Gasteiger partial charge in [0.05, 0.1) is 5.25 Å². The van der Waals surface area contributed by atoms with Crippen molar-refractivity contribution in [3.05, 3.63) is 0 Å². The largest absolute Gasteiger partial charge is 0.316 e. The number of nitrogens with one attached hydrogen (secondary N) is 1. The molecular weight excluding hydrogens is 236 g/mol. The van der Waals surface area contributed by atoms with Crippen molar-refractivity contribution in [2.24, 2.45) is 5.41 Å². The second kappa shape index (κ2) is 4.86. The fraction of sp³-hybridized carbons (Fsp3) is 1.00. The average Bonchev–Trinajstić information content (AvgIpc) is 2.64. The van der Waals surface area contributed by atoms with Crippen LogP contribution in [0.15, 0.2) is 0 Å². The van der Waals surface area contributed by atoms with Crippen LogP contribution in [0.5, 0.6) is 0 Å². The molecule has 2 atom stereocenters. The van der Waals surface area contributed by atoms with E-state index in [1.54, 1.807) is 0 Å². The molecule has 0 aliphatic carbocycles. The van der Waals surface area contributed by atoms with E-state index in [1.165, 1.54) is 12.7 Å². The highest BCUT2D eigenvalue weighted by Crippen LogP contribution is 2.27. The number of hydrogen-bond donors (Lipinski definition) is 1. The molecule has 0 radical (unpaired) electrons. The van der Waals surface area contributed by atoms with E-state index in [-0.39, 0.29) is 5.25 Å². The molecule has 0 aromatic carbocycles. The highest BCUT2D eigenvalue weighted by atomic mass is 32.2. The van der Waals surface area contributed by atoms with Crippen LogP contribution in [0.4, 0.5) is 0 Å². The van der Waals surface area contributed by atoms with E-state index in [2.05, 4.69) is 17.1 Å². The van der Waals surface area contributed by atoms with Crippen LogP contribution in [0.1, 0.15) is 26.2 Å². The van der Waals surface area contributed by atoms with Crippen LogP contribution in [0, 0.1) is 5.41 Å². The molecule has 2 aliphatic heterocycles. The van der Waals surface area contributed by atoms with Crippen LogP contribution >= 0.6 is 0 Å². The molecule has 17 heavy (non-hydrogen) atoms. The number of piperidine rings is 1. The Hall–Kier alpha value is -0.130. The third kappa shape index (κ3) is 3.42. The van der Waals surface area contributed by atoms with E-state index in [9.17, 15) is 8.42 Å². The summed E-state index contributed by atoms with van der Waals surface area (Å²) in [7, 11) is -2.87. The van der Waals surface area contributed by atoms with Crippen molar-refractivity contribution in [2.45, 2.75) is 31.4 Å². The predicted molar refractivity (Wildman–Crippen MR) is 69.9 cm³/mol. The SMILES string of the molecule is CC1(CN2CCCC(S(C)(=O)=O)C2)CCNC1. The van der Waals surface area contributed by atoms with Crippen LogP contribution < -0.4 is 5.32 Å². The molecule has 2 fully saturated rings. The molecule has 2 rings (SSSR count). The summed E-state index contributed by atoms with van der Waals surface area (Å²) in [6, 6.07) is 0. The molecule has 0 amide bonds. The smallest absolute Gasteiger partial charge is 0.151 e. The van der Waals surface area contributed by atoms with Crippen molar-refractivity contribution in [3.8, 4) is 0 Å². The van der Waals surface area contributed by atoms with Crippen LogP contribution in [0.25, 0.3) is 0 Å². The molecule has 2 unspecified atom stereocenters. The van der Waals surface area contributed by atoms with Gasteiger partial charge in [-0.25, -0.2) is 8.42 Å². The van der Waals surface area contributed by atoms with Gasteiger partial charge in [-0.1, -0.05) is 6.92 Å². The Kier molecular flexibility index (Phi) is 3.80. The lowest BCUT2D eigenvalue weighted by atomic mass is 9.88. The standard InChI is InChI=1S/C12H24N2O2S/c1-12(5-6-13-9-12)10-14-7-3-4-11(8-14)17(2,15)16/h11,13H,3-10H2,1-2H3. The molecule has 0 aromatic rings. The van der Waals surface area contributed by atoms with Gasteiger partial charge in [0.25, 0.3) is 0 Å². The minimum Gasteiger partial charge on any atom is -0.316 e. The number of rotatable bonds is 3. The second-order valence-electron chi connectivity index (χ2n) is 6.07. The highest BCUT2D eigenvalue weighted by Gasteiger charge is 2.34. The third-order valence-electron chi connectivity index (χ3n) is 4.13. The third-order valence-corrected chi connectivity index (χ3v) is 5.73. The molecular formula is C12H24N2O2S. The number of nitrogens with zero attached hydrogens (tertiary/aromatic N) is 1. The van der Waals surface area contributed by atoms with Crippen LogP contribution in [-0.4, -0.2) is 57.5 Å². The molecule has 100 valence electrons. The van der Waals surface area contributed by atoms with Crippen molar-refractivity contribution < 1.29 is 8.42 Å². The van der Waals surface area contributed by atoms with Crippen LogP contribution in [0.3, 0.4) is 0 Å². The van der Waals surface area contributed by atoms with E-state index in [1.807, 2.05) is 0 Å². The minimum absolute atomic E-state index is 0.144. The van der Waals surface area contributed by atoms with Crippen molar-refractivity contribution in [3.63, 3.8) is 0 Å². The van der Waals surface area contributed by atoms with Gasteiger partial charge in [-0.2, -0.15) is 0 Å². The van der Waals surface area contributed by atoms with Gasteiger partial charge in [0.1, 0.15) is 0 Å². The number of hydrogen-bond acceptors (Lipinski definition) is 4. The lowest BCUT2D eigenvalue weighted by Gasteiger charge is -2.37. The Bertz CT molecular complexity index is 361. The Labute approximate surface area is 105 Å². The van der Waals surface area contributed by atoms with Crippen LogP contribution in [0.2, 0.25) is 0 Å². The first kappa shape index (κ1) is 13.3. The van der Waals surface area contributed by atoms with Crippen LogP contribution in [-0.2, 0) is 9.84 Å². The van der Waals surface area contributed by atoms with Gasteiger partial charge < -0.3 is 10.2 Å². The second-order valence-corrected chi connectivity index (χ2v) is 8.39. The quantitative estimate of drug-likeness (QED) is 0.802. The van der Waals surface area contributed by atoms with Crippen molar-refractivity contribution in [2.75, 3.05) is 39.0 Å². The summed E-state index contributed by atoms with van der Waals surface area (Å²) in [6.07, 6.45) is 4.43. The normalized spacial score (nSPS) is 36.2. The molecule has 5 heteroatoms. The molecule has 1 N–H and O–H groups in total. The lowest BCUT2D eigenvalue weighted by molar-refractivity contribution is 0.154. The minimum atomic E-state index is -2.87. The summed E-state index contributed by atoms with van der Waals surface area (Å²) < 4.78 is 23.2. The molecule has 2 heterocycles. The maximum absolute atomic E-state index is 11.6. The summed E-state index contributed by atoms with van der Waals surface area (Å²) in [5.41, 5.74) is 0.333. The Morgan fingerprint density at radius 3 is 2.82 bits per heavy atom. The van der Waals surface area contributed by atoms with Gasteiger partial charge in [0.2, 0.25) is 0 Å². The van der Waals surface area contributed by atoms with E-state index in [4.69, 9.17) is 0 Å². The first-order chi connectivity index (χ1) is 7.89. The van der Waals surface area contributed by atoms with Gasteiger partial charge >= 0.3 is 0 Å². The summed E-state index contributed by atoms with van der Waals surface area (Å²) >= 11 is 0. The van der Waals surface area contributed by atoms with E-state index < -0.39 is 9.84 Å². The molecule has 0 aromatic heterocycles. The average molecular weight is 260 g/mol. The summed E-state index contributed by atoms with van der Waals surface area (Å²) in [5.74, 6) is 0. The molecule has 2 aliphatic rings. The zero-order valence-electron chi connectivity index (χ0n) is 10.9. The van der Waals surface area contributed by atoms with Gasteiger partial charge in [0, 0.05) is 25.9 Å². The zero-order chi connectivity index (χ0) is 12.5. The van der Waals surface area contributed by atoms with E-state index in [0.717, 1.165) is 45.6 Å². The molecule has 0 saturated carbocycles. The predicted octanol–water partition coefficient (Wildman–Crippen LogP) is 0.495. The van der Waals surface area contributed by atoms with E-state index >= 15 is 0 Å². The van der Waals surface area contributed by atoms with Crippen molar-refractivity contribution in [1.82, 2.24) is 10.2 Å². The Balaban J connectivity index is 1.94. The zero-order valence-corrected chi connectivity index (χ0v) is 11.7. The summed E-state index contributed by atoms with van der Waals surface area (Å²) in [5, 5.41) is 3.25. The Morgan fingerprint density at radius 2 is 2.24 bits per heavy atom. The molecule has 0 bridgehead atoms. The van der Waals surface area contributed by atoms with Gasteiger partial charge in [-0.15, -0.1) is 0 Å². The van der Waals surface area contributed by atoms with Gasteiger partial charge in [0.15, 0.2) is 9.84 Å². The maximum Gasteiger partial charge on any atom is 0.151 e. The maximum atomic E-state index is 11.6. The van der Waals surface area contributed by atoms with Gasteiger partial charge in [-0.05, 0) is 37.8 Å². The fourth-order valence-electron chi connectivity index (χ4n) is 3.05. The van der Waals surface area contributed by atoms with Gasteiger partial charge in [-0.3, -0.25) is 0 Å². The first-order valence-electron chi connectivity index (χ1n) is 6.51. The molecule has 2 saturated heterocycles. The van der Waals surface area contributed by atoms with E-state index in [0.29, 0.717) is 5.41 Å². The highest BCUT2D eigenvalue weighted by molar-refractivity contribution is 7.91. The topological polar surface area (TPSA) is 49.4 Å². The molecule has 4 nitrogen and oxygen atoms in total. The fourth-order valence-corrected chi connectivity index (χ4v) is 4.13. The molecule has 0 spiro atoms. The first-order valence-corrected chi connectivity index (χ1v) is 8.46. The van der Waals surface area contributed by atoms with Crippen molar-refractivity contribution >= 4 is 9.84 Å².